The van der Waals surface area contributed by atoms with E-state index < -0.39 is 5.97 Å². The van der Waals surface area contributed by atoms with E-state index >= 15 is 0 Å². The molecule has 1 spiro atoms. The zero-order chi connectivity index (χ0) is 8.60. The SMILES string of the molecule is O=C(O)COC1CC2(CCC2)C1. The fourth-order valence-electron chi connectivity index (χ4n) is 2.30. The molecular formula is C9H14O3. The molecule has 3 heteroatoms. The van der Waals surface area contributed by atoms with Crippen molar-refractivity contribution in [3.05, 3.63) is 0 Å². The van der Waals surface area contributed by atoms with Gasteiger partial charge >= 0.3 is 5.97 Å². The highest BCUT2D eigenvalue weighted by atomic mass is 16.5. The van der Waals surface area contributed by atoms with E-state index in [2.05, 4.69) is 0 Å². The molecule has 0 aromatic heterocycles. The Balaban J connectivity index is 1.64. The lowest BCUT2D eigenvalue weighted by molar-refractivity contribution is -0.156. The van der Waals surface area contributed by atoms with Crippen LogP contribution >= 0.6 is 0 Å². The second kappa shape index (κ2) is 2.73. The molecule has 2 fully saturated rings. The zero-order valence-electron chi connectivity index (χ0n) is 7.08. The molecule has 0 aromatic carbocycles. The predicted molar refractivity (Wildman–Crippen MR) is 42.9 cm³/mol. The van der Waals surface area contributed by atoms with Crippen LogP contribution in [0.5, 0.6) is 0 Å². The second-order valence-corrected chi connectivity index (χ2v) is 4.09. The van der Waals surface area contributed by atoms with E-state index in [1.165, 1.54) is 19.3 Å². The number of carboxylic acid groups (broad SMARTS) is 1. The number of hydrogen-bond acceptors (Lipinski definition) is 2. The van der Waals surface area contributed by atoms with E-state index in [4.69, 9.17) is 9.84 Å². The molecule has 0 aliphatic heterocycles. The summed E-state index contributed by atoms with van der Waals surface area (Å²) in [6.07, 6.45) is 6.45. The van der Waals surface area contributed by atoms with Gasteiger partial charge in [-0.15, -0.1) is 0 Å². The zero-order valence-corrected chi connectivity index (χ0v) is 7.08. The van der Waals surface area contributed by atoms with Gasteiger partial charge in [0.1, 0.15) is 6.61 Å². The van der Waals surface area contributed by atoms with Gasteiger partial charge in [0, 0.05) is 0 Å². The fourth-order valence-corrected chi connectivity index (χ4v) is 2.30. The van der Waals surface area contributed by atoms with Crippen LogP contribution < -0.4 is 0 Å². The molecular weight excluding hydrogens is 156 g/mol. The molecule has 0 amide bonds. The minimum atomic E-state index is -0.857. The van der Waals surface area contributed by atoms with Gasteiger partial charge in [-0.3, -0.25) is 0 Å². The third kappa shape index (κ3) is 1.33. The lowest BCUT2D eigenvalue weighted by Gasteiger charge is -2.53. The molecule has 0 radical (unpaired) electrons. The Labute approximate surface area is 71.7 Å². The van der Waals surface area contributed by atoms with Gasteiger partial charge in [-0.05, 0) is 31.1 Å². The van der Waals surface area contributed by atoms with Crippen molar-refractivity contribution in [2.45, 2.75) is 38.2 Å². The van der Waals surface area contributed by atoms with Crippen LogP contribution in [0.15, 0.2) is 0 Å². The van der Waals surface area contributed by atoms with Crippen LogP contribution in [-0.4, -0.2) is 23.8 Å². The first kappa shape index (κ1) is 8.05. The van der Waals surface area contributed by atoms with Crippen LogP contribution in [0.3, 0.4) is 0 Å². The first-order valence-electron chi connectivity index (χ1n) is 4.54. The topological polar surface area (TPSA) is 46.5 Å². The third-order valence-electron chi connectivity index (χ3n) is 3.18. The molecule has 0 bridgehead atoms. The van der Waals surface area contributed by atoms with Gasteiger partial charge in [0.05, 0.1) is 6.10 Å². The Hall–Kier alpha value is -0.570. The number of carbonyl (C=O) groups is 1. The molecule has 2 aliphatic rings. The Morgan fingerprint density at radius 1 is 1.50 bits per heavy atom. The van der Waals surface area contributed by atoms with E-state index in [1.54, 1.807) is 0 Å². The van der Waals surface area contributed by atoms with Crippen LogP contribution in [0, 0.1) is 5.41 Å². The van der Waals surface area contributed by atoms with Crippen molar-refractivity contribution in [1.82, 2.24) is 0 Å². The molecule has 68 valence electrons. The lowest BCUT2D eigenvalue weighted by atomic mass is 9.55. The summed E-state index contributed by atoms with van der Waals surface area (Å²) in [6.45, 7) is -0.124. The smallest absolute Gasteiger partial charge is 0.329 e. The number of hydrogen-bond donors (Lipinski definition) is 1. The van der Waals surface area contributed by atoms with Gasteiger partial charge in [0.2, 0.25) is 0 Å². The third-order valence-corrected chi connectivity index (χ3v) is 3.18. The van der Waals surface area contributed by atoms with Crippen LogP contribution in [-0.2, 0) is 9.53 Å². The highest BCUT2D eigenvalue weighted by Crippen LogP contribution is 2.56. The molecule has 0 heterocycles. The number of aliphatic carboxylic acids is 1. The number of carboxylic acids is 1. The Kier molecular flexibility index (Phi) is 1.83. The van der Waals surface area contributed by atoms with Crippen molar-refractivity contribution in [3.63, 3.8) is 0 Å². The molecule has 0 unspecified atom stereocenters. The van der Waals surface area contributed by atoms with Crippen molar-refractivity contribution in [2.75, 3.05) is 6.61 Å². The largest absolute Gasteiger partial charge is 0.480 e. The summed E-state index contributed by atoms with van der Waals surface area (Å²) in [6, 6.07) is 0. The maximum atomic E-state index is 10.2. The molecule has 2 rings (SSSR count). The second-order valence-electron chi connectivity index (χ2n) is 4.09. The molecule has 3 nitrogen and oxygen atoms in total. The van der Waals surface area contributed by atoms with Gasteiger partial charge in [-0.2, -0.15) is 0 Å². The van der Waals surface area contributed by atoms with Gasteiger partial charge < -0.3 is 9.84 Å². The van der Waals surface area contributed by atoms with Gasteiger partial charge in [0.25, 0.3) is 0 Å². The maximum absolute atomic E-state index is 10.2. The maximum Gasteiger partial charge on any atom is 0.329 e. The van der Waals surface area contributed by atoms with Crippen molar-refractivity contribution in [1.29, 1.82) is 0 Å². The van der Waals surface area contributed by atoms with Crippen LogP contribution in [0.1, 0.15) is 32.1 Å². The van der Waals surface area contributed by atoms with E-state index in [9.17, 15) is 4.79 Å². The van der Waals surface area contributed by atoms with E-state index in [1.807, 2.05) is 0 Å². The van der Waals surface area contributed by atoms with E-state index in [-0.39, 0.29) is 12.7 Å². The van der Waals surface area contributed by atoms with Gasteiger partial charge in [0.15, 0.2) is 0 Å². The van der Waals surface area contributed by atoms with Crippen molar-refractivity contribution < 1.29 is 14.6 Å². The summed E-state index contributed by atoms with van der Waals surface area (Å²) in [7, 11) is 0. The predicted octanol–water partition coefficient (Wildman–Crippen LogP) is 1.42. The summed E-state index contributed by atoms with van der Waals surface area (Å²) < 4.78 is 5.17. The lowest BCUT2D eigenvalue weighted by Crippen LogP contribution is -2.47. The van der Waals surface area contributed by atoms with Crippen molar-refractivity contribution in [2.24, 2.45) is 5.41 Å². The van der Waals surface area contributed by atoms with Gasteiger partial charge in [-0.25, -0.2) is 4.79 Å². The normalized spacial score (nSPS) is 26.3. The molecule has 0 saturated heterocycles. The fraction of sp³-hybridized carbons (Fsp3) is 0.889. The Morgan fingerprint density at radius 3 is 2.58 bits per heavy atom. The molecule has 0 atom stereocenters. The molecule has 1 N–H and O–H groups in total. The summed E-state index contributed by atoms with van der Waals surface area (Å²) in [5.41, 5.74) is 0.586. The minimum Gasteiger partial charge on any atom is -0.480 e. The average Bonchev–Trinajstić information content (AvgIpc) is 1.79. The Morgan fingerprint density at radius 2 is 2.17 bits per heavy atom. The number of ether oxygens (including phenoxy) is 1. The summed E-state index contributed by atoms with van der Waals surface area (Å²) in [5.74, 6) is -0.857. The van der Waals surface area contributed by atoms with Crippen molar-refractivity contribution >= 4 is 5.97 Å². The molecule has 0 aromatic rings. The highest BCUT2D eigenvalue weighted by Gasteiger charge is 2.48. The van der Waals surface area contributed by atoms with Crippen molar-refractivity contribution in [3.8, 4) is 0 Å². The van der Waals surface area contributed by atoms with E-state index in [0.717, 1.165) is 12.8 Å². The summed E-state index contributed by atoms with van der Waals surface area (Å²) >= 11 is 0. The van der Waals surface area contributed by atoms with Gasteiger partial charge in [-0.1, -0.05) is 6.42 Å². The molecule has 2 aliphatic carbocycles. The number of rotatable bonds is 3. The summed E-state index contributed by atoms with van der Waals surface area (Å²) in [4.78, 5) is 10.2. The molecule has 2 saturated carbocycles. The molecule has 12 heavy (non-hydrogen) atoms. The van der Waals surface area contributed by atoms with E-state index in [0.29, 0.717) is 5.41 Å². The average molecular weight is 170 g/mol. The van der Waals surface area contributed by atoms with Crippen LogP contribution in [0.25, 0.3) is 0 Å². The standard InChI is InChI=1S/C9H14O3/c10-8(11)6-12-7-4-9(5-7)2-1-3-9/h7H,1-6H2,(H,10,11). The first-order chi connectivity index (χ1) is 5.70. The first-order valence-corrected chi connectivity index (χ1v) is 4.54. The van der Waals surface area contributed by atoms with Crippen LogP contribution in [0.2, 0.25) is 0 Å². The minimum absolute atomic E-state index is 0.124. The highest BCUT2D eigenvalue weighted by molar-refractivity contribution is 5.68. The van der Waals surface area contributed by atoms with Crippen LogP contribution in [0.4, 0.5) is 0 Å². The monoisotopic (exact) mass is 170 g/mol. The quantitative estimate of drug-likeness (QED) is 0.696. The Bertz CT molecular complexity index is 188. The summed E-state index contributed by atoms with van der Waals surface area (Å²) in [5, 5.41) is 8.36.